The average molecular weight is 504 g/mol. The Kier molecular flexibility index (Phi) is 9.59. The number of carboxylic acid groups (broad SMARTS) is 1. The van der Waals surface area contributed by atoms with Crippen molar-refractivity contribution < 1.29 is 14.6 Å². The molecule has 2 atom stereocenters. The molecule has 0 saturated carbocycles. The van der Waals surface area contributed by atoms with Crippen LogP contribution in [0.3, 0.4) is 0 Å². The van der Waals surface area contributed by atoms with Crippen molar-refractivity contribution in [3.63, 3.8) is 0 Å². The highest BCUT2D eigenvalue weighted by Crippen LogP contribution is 2.39. The molecule has 0 aliphatic carbocycles. The Labute approximate surface area is 221 Å². The van der Waals surface area contributed by atoms with E-state index >= 15 is 0 Å². The Morgan fingerprint density at radius 1 is 1.14 bits per heavy atom. The Bertz CT molecular complexity index is 1220. The normalized spacial score (nSPS) is 14.8. The van der Waals surface area contributed by atoms with Crippen molar-refractivity contribution in [1.29, 1.82) is 0 Å². The van der Waals surface area contributed by atoms with E-state index in [4.69, 9.17) is 10.5 Å². The number of ether oxygens (including phenoxy) is 1. The van der Waals surface area contributed by atoms with Gasteiger partial charge in [-0.3, -0.25) is 9.69 Å². The van der Waals surface area contributed by atoms with Crippen LogP contribution in [0.1, 0.15) is 60.1 Å². The maximum absolute atomic E-state index is 12.2. The number of hydrogen-bond donors (Lipinski definition) is 3. The molecule has 198 valence electrons. The van der Waals surface area contributed by atoms with Gasteiger partial charge in [-0.2, -0.15) is 0 Å². The van der Waals surface area contributed by atoms with E-state index < -0.39 is 11.9 Å². The molecule has 3 aromatic rings. The summed E-state index contributed by atoms with van der Waals surface area (Å²) < 4.78 is 5.94. The highest BCUT2D eigenvalue weighted by molar-refractivity contribution is 5.75. The summed E-state index contributed by atoms with van der Waals surface area (Å²) in [7, 11) is 1.83. The summed E-state index contributed by atoms with van der Waals surface area (Å²) in [5.41, 5.74) is 14.3. The predicted molar refractivity (Wildman–Crippen MR) is 152 cm³/mol. The fourth-order valence-electron chi connectivity index (χ4n) is 4.99. The number of carboxylic acids is 1. The highest BCUT2D eigenvalue weighted by Gasteiger charge is 2.29. The van der Waals surface area contributed by atoms with Crippen LogP contribution in [-0.4, -0.2) is 36.2 Å². The number of para-hydroxylation sites is 1. The fraction of sp³-hybridized carbons (Fsp3) is 0.387. The largest absolute Gasteiger partial charge is 0.492 e. The third-order valence-corrected chi connectivity index (χ3v) is 7.21. The number of anilines is 2. The van der Waals surface area contributed by atoms with Crippen LogP contribution in [-0.2, 0) is 17.9 Å². The molecule has 0 amide bonds. The van der Waals surface area contributed by atoms with Gasteiger partial charge in [0.15, 0.2) is 0 Å². The summed E-state index contributed by atoms with van der Waals surface area (Å²) in [4.78, 5) is 14.6. The van der Waals surface area contributed by atoms with E-state index in [1.807, 2.05) is 58.2 Å². The maximum atomic E-state index is 12.2. The zero-order chi connectivity index (χ0) is 27.1. The zero-order valence-electron chi connectivity index (χ0n) is 23.0. The van der Waals surface area contributed by atoms with Crippen LogP contribution >= 0.6 is 0 Å². The lowest BCUT2D eigenvalue weighted by atomic mass is 9.78. The molecule has 4 N–H and O–H groups in total. The van der Waals surface area contributed by atoms with Crippen LogP contribution in [0.25, 0.3) is 0 Å². The monoisotopic (exact) mass is 503 g/mol. The molecule has 0 aromatic heterocycles. The van der Waals surface area contributed by atoms with E-state index in [0.29, 0.717) is 12.3 Å². The minimum Gasteiger partial charge on any atom is -0.492 e. The molecule has 3 aromatic carbocycles. The molecule has 6 nitrogen and oxygen atoms in total. The molecule has 0 saturated heterocycles. The number of nitrogens with two attached hydrogens (primary N) is 1. The lowest BCUT2D eigenvalue weighted by Crippen LogP contribution is -2.26. The van der Waals surface area contributed by atoms with Crippen molar-refractivity contribution >= 4 is 17.3 Å². The van der Waals surface area contributed by atoms with Gasteiger partial charge in [0, 0.05) is 38.2 Å². The number of aryl methyl sites for hydroxylation is 1. The minimum absolute atomic E-state index is 0.312. The Morgan fingerprint density at radius 3 is 2.57 bits per heavy atom. The molecule has 0 bridgehead atoms. The van der Waals surface area contributed by atoms with Crippen LogP contribution in [0.15, 0.2) is 54.6 Å². The number of fused-ring (bicyclic) bond motifs is 1. The molecule has 0 radical (unpaired) electrons. The molecule has 1 aliphatic rings. The van der Waals surface area contributed by atoms with Gasteiger partial charge in [-0.05, 0) is 53.8 Å². The first-order chi connectivity index (χ1) is 17.8. The van der Waals surface area contributed by atoms with Gasteiger partial charge in [-0.15, -0.1) is 0 Å². The smallest absolute Gasteiger partial charge is 0.307 e. The lowest BCUT2D eigenvalue weighted by Gasteiger charge is -2.27. The molecule has 37 heavy (non-hydrogen) atoms. The van der Waals surface area contributed by atoms with Crippen molar-refractivity contribution in [2.45, 2.75) is 53.6 Å². The third kappa shape index (κ3) is 6.25. The molecule has 1 heterocycles. The van der Waals surface area contributed by atoms with Crippen molar-refractivity contribution in [1.82, 2.24) is 4.90 Å². The van der Waals surface area contributed by atoms with E-state index in [0.717, 1.165) is 47.8 Å². The number of hydrogen-bond acceptors (Lipinski definition) is 5. The van der Waals surface area contributed by atoms with Crippen LogP contribution in [0, 0.1) is 19.8 Å². The van der Waals surface area contributed by atoms with Crippen molar-refractivity contribution in [2.24, 2.45) is 5.92 Å². The van der Waals surface area contributed by atoms with Gasteiger partial charge in [-0.25, -0.2) is 0 Å². The standard InChI is InChI=1S/C29H35N3O3.C2H6/c1-18-9-10-21(15-23(18)17-32-13-14-35-26-8-6-5-7-22(26)16-32)27(20(3)29(33)34)24-11-12-25(31-4)28(30)19(24)2;1-2/h5-12,15,20,27,31H,13-14,16-17,30H2,1-4H3,(H,33,34);1-2H3. The number of carbonyl (C=O) groups is 1. The second-order valence-electron chi connectivity index (χ2n) is 9.45. The first-order valence-electron chi connectivity index (χ1n) is 13.1. The van der Waals surface area contributed by atoms with E-state index in [9.17, 15) is 9.90 Å². The van der Waals surface area contributed by atoms with Gasteiger partial charge in [0.1, 0.15) is 12.4 Å². The van der Waals surface area contributed by atoms with Gasteiger partial charge >= 0.3 is 5.97 Å². The Morgan fingerprint density at radius 2 is 1.86 bits per heavy atom. The summed E-state index contributed by atoms with van der Waals surface area (Å²) in [5.74, 6) is -0.793. The Balaban J connectivity index is 0.00000186. The van der Waals surface area contributed by atoms with Crippen LogP contribution in [0.5, 0.6) is 5.75 Å². The average Bonchev–Trinajstić information content (AvgIpc) is 3.11. The number of nitrogens with zero attached hydrogens (tertiary/aromatic N) is 1. The summed E-state index contributed by atoms with van der Waals surface area (Å²) >= 11 is 0. The number of rotatable bonds is 7. The number of nitrogen functional groups attached to an aromatic ring is 1. The second kappa shape index (κ2) is 12.6. The minimum atomic E-state index is -0.825. The molecule has 1 aliphatic heterocycles. The molecule has 0 spiro atoms. The molecular formula is C31H41N3O3. The number of nitrogens with one attached hydrogen (secondary N) is 1. The zero-order valence-corrected chi connectivity index (χ0v) is 23.0. The van der Waals surface area contributed by atoms with E-state index in [1.165, 1.54) is 16.7 Å². The van der Waals surface area contributed by atoms with Crippen LogP contribution in [0.4, 0.5) is 11.4 Å². The van der Waals surface area contributed by atoms with Gasteiger partial charge in [0.05, 0.1) is 17.3 Å². The summed E-state index contributed by atoms with van der Waals surface area (Å²) in [5, 5.41) is 13.1. The fourth-order valence-corrected chi connectivity index (χ4v) is 4.99. The van der Waals surface area contributed by atoms with Crippen molar-refractivity contribution in [3.05, 3.63) is 88.0 Å². The summed E-state index contributed by atoms with van der Waals surface area (Å²) in [6, 6.07) is 18.5. The first-order valence-corrected chi connectivity index (χ1v) is 13.1. The first kappa shape index (κ1) is 28.1. The van der Waals surface area contributed by atoms with Crippen LogP contribution in [0.2, 0.25) is 0 Å². The molecule has 0 fully saturated rings. The van der Waals surface area contributed by atoms with Gasteiger partial charge in [0.2, 0.25) is 0 Å². The summed E-state index contributed by atoms with van der Waals surface area (Å²) in [6.45, 7) is 12.9. The Hall–Kier alpha value is -3.51. The van der Waals surface area contributed by atoms with E-state index in [-0.39, 0.29) is 5.92 Å². The second-order valence-corrected chi connectivity index (χ2v) is 9.45. The summed E-state index contributed by atoms with van der Waals surface area (Å²) in [6.07, 6.45) is 0. The molecule has 4 rings (SSSR count). The molecular weight excluding hydrogens is 462 g/mol. The van der Waals surface area contributed by atoms with E-state index in [2.05, 4.69) is 41.4 Å². The van der Waals surface area contributed by atoms with Gasteiger partial charge in [-0.1, -0.05) is 63.2 Å². The van der Waals surface area contributed by atoms with Crippen molar-refractivity contribution in [3.8, 4) is 5.75 Å². The topological polar surface area (TPSA) is 87.8 Å². The molecule has 6 heteroatoms. The molecule has 2 unspecified atom stereocenters. The van der Waals surface area contributed by atoms with Crippen LogP contribution < -0.4 is 15.8 Å². The lowest BCUT2D eigenvalue weighted by molar-refractivity contribution is -0.141. The quantitative estimate of drug-likeness (QED) is 0.333. The van der Waals surface area contributed by atoms with Crippen molar-refractivity contribution in [2.75, 3.05) is 31.2 Å². The number of aliphatic carboxylic acids is 1. The highest BCUT2D eigenvalue weighted by atomic mass is 16.5. The maximum Gasteiger partial charge on any atom is 0.307 e. The number of benzene rings is 3. The predicted octanol–water partition coefficient (Wildman–Crippen LogP) is 6.20. The van der Waals surface area contributed by atoms with E-state index in [1.54, 1.807) is 6.92 Å². The third-order valence-electron chi connectivity index (χ3n) is 7.21. The van der Waals surface area contributed by atoms with Gasteiger partial charge < -0.3 is 20.9 Å². The SMILES string of the molecule is CC.CNc1ccc(C(c2ccc(C)c(CN3CCOc4ccccc4C3)c2)C(C)C(=O)O)c(C)c1N. The van der Waals surface area contributed by atoms with Gasteiger partial charge in [0.25, 0.3) is 0 Å².